The number of aldehydes is 1. The van der Waals surface area contributed by atoms with Gasteiger partial charge in [0.2, 0.25) is 5.91 Å². The van der Waals surface area contributed by atoms with Crippen LogP contribution in [0.5, 0.6) is 0 Å². The smallest absolute Gasteiger partial charge is 0.242 e. The predicted molar refractivity (Wildman–Crippen MR) is 68.8 cm³/mol. The van der Waals surface area contributed by atoms with Gasteiger partial charge >= 0.3 is 0 Å². The van der Waals surface area contributed by atoms with Gasteiger partial charge in [-0.3, -0.25) is 9.59 Å². The number of carbonyl (C=O) groups excluding carboxylic acids is 2. The van der Waals surface area contributed by atoms with E-state index in [9.17, 15) is 9.59 Å². The van der Waals surface area contributed by atoms with Gasteiger partial charge in [-0.25, -0.2) is 0 Å². The SMILES string of the molecule is CN(CC(=O)N1CCCC1)c1ccc(C=O)s1. The molecule has 1 aliphatic rings. The summed E-state index contributed by atoms with van der Waals surface area (Å²) in [6.07, 6.45) is 3.07. The molecule has 0 aromatic carbocycles. The lowest BCUT2D eigenvalue weighted by molar-refractivity contribution is -0.128. The van der Waals surface area contributed by atoms with Gasteiger partial charge < -0.3 is 9.80 Å². The minimum absolute atomic E-state index is 0.172. The van der Waals surface area contributed by atoms with E-state index in [2.05, 4.69) is 0 Å². The third kappa shape index (κ3) is 2.85. The van der Waals surface area contributed by atoms with Gasteiger partial charge in [0.1, 0.15) is 0 Å². The molecule has 0 unspecified atom stereocenters. The molecule has 1 fully saturated rings. The van der Waals surface area contributed by atoms with Crippen molar-refractivity contribution in [3.63, 3.8) is 0 Å². The molecular formula is C12H16N2O2S. The molecule has 0 aliphatic carbocycles. The fourth-order valence-electron chi connectivity index (χ4n) is 1.96. The van der Waals surface area contributed by atoms with E-state index in [1.807, 2.05) is 22.9 Å². The molecule has 0 atom stereocenters. The largest absolute Gasteiger partial charge is 0.357 e. The molecule has 1 amide bonds. The Balaban J connectivity index is 1.93. The Morgan fingerprint density at radius 2 is 2.18 bits per heavy atom. The van der Waals surface area contributed by atoms with Gasteiger partial charge in [-0.15, -0.1) is 11.3 Å². The average molecular weight is 252 g/mol. The summed E-state index contributed by atoms with van der Waals surface area (Å²) in [7, 11) is 1.88. The van der Waals surface area contributed by atoms with Crippen molar-refractivity contribution in [1.82, 2.24) is 4.90 Å². The van der Waals surface area contributed by atoms with E-state index < -0.39 is 0 Å². The summed E-state index contributed by atoms with van der Waals surface area (Å²) in [5.41, 5.74) is 0. The molecule has 2 rings (SSSR count). The minimum atomic E-state index is 0.172. The number of anilines is 1. The number of carbonyl (C=O) groups is 2. The summed E-state index contributed by atoms with van der Waals surface area (Å²) in [5.74, 6) is 0.172. The third-order valence-corrected chi connectivity index (χ3v) is 4.06. The first-order chi connectivity index (χ1) is 8.20. The maximum Gasteiger partial charge on any atom is 0.242 e. The Hall–Kier alpha value is -1.36. The van der Waals surface area contributed by atoms with Crippen LogP contribution in [0, 0.1) is 0 Å². The van der Waals surface area contributed by atoms with E-state index in [1.165, 1.54) is 11.3 Å². The van der Waals surface area contributed by atoms with Crippen LogP contribution in [0.3, 0.4) is 0 Å². The normalized spacial score (nSPS) is 15.0. The lowest BCUT2D eigenvalue weighted by Crippen LogP contribution is -2.36. The van der Waals surface area contributed by atoms with Crippen molar-refractivity contribution >= 4 is 28.5 Å². The molecule has 17 heavy (non-hydrogen) atoms. The van der Waals surface area contributed by atoms with Gasteiger partial charge in [0.05, 0.1) is 16.4 Å². The van der Waals surface area contributed by atoms with Crippen LogP contribution in [-0.2, 0) is 4.79 Å². The molecule has 92 valence electrons. The Morgan fingerprint density at radius 1 is 1.47 bits per heavy atom. The molecule has 0 radical (unpaired) electrons. The van der Waals surface area contributed by atoms with E-state index >= 15 is 0 Å². The lowest BCUT2D eigenvalue weighted by Gasteiger charge is -2.21. The van der Waals surface area contributed by atoms with Crippen molar-refractivity contribution in [1.29, 1.82) is 0 Å². The summed E-state index contributed by atoms with van der Waals surface area (Å²) in [6, 6.07) is 3.66. The quantitative estimate of drug-likeness (QED) is 0.765. The van der Waals surface area contributed by atoms with Crippen molar-refractivity contribution in [3.8, 4) is 0 Å². The molecule has 0 saturated carbocycles. The maximum atomic E-state index is 11.9. The van der Waals surface area contributed by atoms with Crippen molar-refractivity contribution in [3.05, 3.63) is 17.0 Å². The summed E-state index contributed by atoms with van der Waals surface area (Å²) in [4.78, 5) is 27.0. The molecule has 0 bridgehead atoms. The number of nitrogens with zero attached hydrogens (tertiary/aromatic N) is 2. The Bertz CT molecular complexity index is 410. The molecule has 1 aromatic heterocycles. The molecule has 5 heteroatoms. The Kier molecular flexibility index (Phi) is 3.78. The molecule has 2 heterocycles. The molecule has 1 aromatic rings. The molecule has 1 aliphatic heterocycles. The first kappa shape index (κ1) is 12.1. The Morgan fingerprint density at radius 3 is 2.76 bits per heavy atom. The van der Waals surface area contributed by atoms with Crippen LogP contribution in [0.15, 0.2) is 12.1 Å². The number of likely N-dealkylation sites (N-methyl/N-ethyl adjacent to an activating group) is 1. The summed E-state index contributed by atoms with van der Waals surface area (Å²) in [5, 5.41) is 0.958. The summed E-state index contributed by atoms with van der Waals surface area (Å²) >= 11 is 1.41. The third-order valence-electron chi connectivity index (χ3n) is 2.94. The number of thiophene rings is 1. The second-order valence-electron chi connectivity index (χ2n) is 4.24. The van der Waals surface area contributed by atoms with Crippen molar-refractivity contribution < 1.29 is 9.59 Å². The van der Waals surface area contributed by atoms with Gasteiger partial charge in [0.25, 0.3) is 0 Å². The zero-order chi connectivity index (χ0) is 12.3. The summed E-state index contributed by atoms with van der Waals surface area (Å²) in [6.45, 7) is 2.16. The van der Waals surface area contributed by atoms with Gasteiger partial charge in [-0.05, 0) is 25.0 Å². The van der Waals surface area contributed by atoms with Crippen LogP contribution in [0.2, 0.25) is 0 Å². The zero-order valence-electron chi connectivity index (χ0n) is 9.89. The average Bonchev–Trinajstić information content (AvgIpc) is 3.00. The van der Waals surface area contributed by atoms with Crippen LogP contribution in [0.1, 0.15) is 22.5 Å². The van der Waals surface area contributed by atoms with Gasteiger partial charge in [-0.2, -0.15) is 0 Å². The van der Waals surface area contributed by atoms with Crippen LogP contribution >= 0.6 is 11.3 Å². The number of rotatable bonds is 4. The van der Waals surface area contributed by atoms with Gasteiger partial charge in [-0.1, -0.05) is 0 Å². The highest BCUT2D eigenvalue weighted by atomic mass is 32.1. The van der Waals surface area contributed by atoms with E-state index in [-0.39, 0.29) is 5.91 Å². The second kappa shape index (κ2) is 5.31. The van der Waals surface area contributed by atoms with Gasteiger partial charge in [0.15, 0.2) is 6.29 Å². The van der Waals surface area contributed by atoms with E-state index in [1.54, 1.807) is 6.07 Å². The number of likely N-dealkylation sites (tertiary alicyclic amines) is 1. The van der Waals surface area contributed by atoms with Crippen molar-refractivity contribution in [2.75, 3.05) is 31.6 Å². The van der Waals surface area contributed by atoms with Crippen LogP contribution in [-0.4, -0.2) is 43.8 Å². The topological polar surface area (TPSA) is 40.6 Å². The summed E-state index contributed by atoms with van der Waals surface area (Å²) < 4.78 is 0. The highest BCUT2D eigenvalue weighted by Gasteiger charge is 2.19. The standard InChI is InChI=1S/C12H16N2O2S/c1-13(12-5-4-10(9-15)17-12)8-11(16)14-6-2-3-7-14/h4-5,9H,2-3,6-8H2,1H3. The van der Waals surface area contributed by atoms with Crippen LogP contribution < -0.4 is 4.90 Å². The minimum Gasteiger partial charge on any atom is -0.357 e. The van der Waals surface area contributed by atoms with E-state index in [0.717, 1.165) is 37.2 Å². The monoisotopic (exact) mass is 252 g/mol. The first-order valence-electron chi connectivity index (χ1n) is 5.74. The number of amides is 1. The van der Waals surface area contributed by atoms with Crippen LogP contribution in [0.25, 0.3) is 0 Å². The second-order valence-corrected chi connectivity index (χ2v) is 5.33. The fourth-order valence-corrected chi connectivity index (χ4v) is 2.74. The highest BCUT2D eigenvalue weighted by Crippen LogP contribution is 2.23. The Labute approximate surface area is 105 Å². The van der Waals surface area contributed by atoms with E-state index in [4.69, 9.17) is 0 Å². The van der Waals surface area contributed by atoms with Gasteiger partial charge in [0, 0.05) is 20.1 Å². The molecular weight excluding hydrogens is 236 g/mol. The zero-order valence-corrected chi connectivity index (χ0v) is 10.7. The predicted octanol–water partition coefficient (Wildman–Crippen LogP) is 1.62. The molecule has 1 saturated heterocycles. The van der Waals surface area contributed by atoms with Crippen molar-refractivity contribution in [2.45, 2.75) is 12.8 Å². The number of hydrogen-bond acceptors (Lipinski definition) is 4. The fraction of sp³-hybridized carbons (Fsp3) is 0.500. The maximum absolute atomic E-state index is 11.9. The highest BCUT2D eigenvalue weighted by molar-refractivity contribution is 7.17. The number of hydrogen-bond donors (Lipinski definition) is 0. The molecule has 0 spiro atoms. The first-order valence-corrected chi connectivity index (χ1v) is 6.56. The van der Waals surface area contributed by atoms with Crippen LogP contribution in [0.4, 0.5) is 5.00 Å². The van der Waals surface area contributed by atoms with E-state index in [0.29, 0.717) is 11.4 Å². The van der Waals surface area contributed by atoms with Crippen molar-refractivity contribution in [2.24, 2.45) is 0 Å². The lowest BCUT2D eigenvalue weighted by atomic mass is 10.4. The molecule has 4 nitrogen and oxygen atoms in total. The molecule has 0 N–H and O–H groups in total.